The highest BCUT2D eigenvalue weighted by molar-refractivity contribution is 5.22. The summed E-state index contributed by atoms with van der Waals surface area (Å²) >= 11 is 0. The van der Waals surface area contributed by atoms with Crippen LogP contribution in [0.3, 0.4) is 0 Å². The monoisotopic (exact) mass is 192 g/mol. The number of allylic oxidation sites excluding steroid dienone is 1. The van der Waals surface area contributed by atoms with Gasteiger partial charge in [-0.2, -0.15) is 5.26 Å². The van der Waals surface area contributed by atoms with E-state index in [1.54, 1.807) is 6.07 Å². The van der Waals surface area contributed by atoms with Gasteiger partial charge in [-0.15, -0.1) is 0 Å². The minimum Gasteiger partial charge on any atom is -0.385 e. The van der Waals surface area contributed by atoms with E-state index < -0.39 is 5.60 Å². The van der Waals surface area contributed by atoms with E-state index in [1.165, 1.54) is 0 Å². The molecule has 0 saturated heterocycles. The predicted molar refractivity (Wildman–Crippen MR) is 50.9 cm³/mol. The van der Waals surface area contributed by atoms with Crippen molar-refractivity contribution in [3.05, 3.63) is 22.2 Å². The standard InChI is InChI=1S/C9H12N4O/c10-7-4-8(12-13-11)9(14)5-2-1-3-6-9/h4,14H,1-3,5-6H2. The first-order chi connectivity index (χ1) is 6.73. The summed E-state index contributed by atoms with van der Waals surface area (Å²) in [5.41, 5.74) is 7.38. The van der Waals surface area contributed by atoms with Crippen LogP contribution in [0.4, 0.5) is 0 Å². The van der Waals surface area contributed by atoms with Crippen LogP contribution in [0.25, 0.3) is 10.4 Å². The van der Waals surface area contributed by atoms with E-state index in [1.807, 2.05) is 0 Å². The van der Waals surface area contributed by atoms with Crippen molar-refractivity contribution < 1.29 is 5.11 Å². The van der Waals surface area contributed by atoms with E-state index in [2.05, 4.69) is 10.0 Å². The number of hydrogen-bond donors (Lipinski definition) is 1. The molecule has 0 radical (unpaired) electrons. The van der Waals surface area contributed by atoms with Crippen LogP contribution in [0, 0.1) is 11.3 Å². The van der Waals surface area contributed by atoms with Crippen molar-refractivity contribution in [2.24, 2.45) is 5.11 Å². The van der Waals surface area contributed by atoms with Crippen LogP contribution in [0.2, 0.25) is 0 Å². The van der Waals surface area contributed by atoms with Crippen LogP contribution < -0.4 is 0 Å². The van der Waals surface area contributed by atoms with Crippen molar-refractivity contribution in [2.75, 3.05) is 0 Å². The fraction of sp³-hybridized carbons (Fsp3) is 0.667. The maximum Gasteiger partial charge on any atom is 0.0928 e. The molecule has 0 bridgehead atoms. The van der Waals surface area contributed by atoms with Crippen molar-refractivity contribution >= 4 is 0 Å². The van der Waals surface area contributed by atoms with Gasteiger partial charge in [0.15, 0.2) is 0 Å². The molecule has 5 nitrogen and oxygen atoms in total. The van der Waals surface area contributed by atoms with Crippen molar-refractivity contribution in [1.29, 1.82) is 5.26 Å². The van der Waals surface area contributed by atoms with Gasteiger partial charge in [-0.1, -0.05) is 24.4 Å². The van der Waals surface area contributed by atoms with Crippen LogP contribution in [0.1, 0.15) is 32.1 Å². The first-order valence-corrected chi connectivity index (χ1v) is 4.61. The van der Waals surface area contributed by atoms with Gasteiger partial charge in [-0.3, -0.25) is 0 Å². The Balaban J connectivity index is 2.91. The van der Waals surface area contributed by atoms with Crippen LogP contribution in [0.5, 0.6) is 0 Å². The summed E-state index contributed by atoms with van der Waals surface area (Å²) < 4.78 is 0. The van der Waals surface area contributed by atoms with Gasteiger partial charge < -0.3 is 5.11 Å². The van der Waals surface area contributed by atoms with Gasteiger partial charge in [0.25, 0.3) is 0 Å². The molecule has 1 N–H and O–H groups in total. The third-order valence-corrected chi connectivity index (χ3v) is 2.51. The first-order valence-electron chi connectivity index (χ1n) is 4.61. The van der Waals surface area contributed by atoms with E-state index in [9.17, 15) is 5.11 Å². The third-order valence-electron chi connectivity index (χ3n) is 2.51. The van der Waals surface area contributed by atoms with Crippen LogP contribution in [0.15, 0.2) is 16.9 Å². The van der Waals surface area contributed by atoms with E-state index in [4.69, 9.17) is 10.8 Å². The molecule has 1 saturated carbocycles. The Hall–Kier alpha value is -1.50. The summed E-state index contributed by atoms with van der Waals surface area (Å²) in [4.78, 5) is 2.62. The number of aliphatic hydroxyl groups is 1. The van der Waals surface area contributed by atoms with Gasteiger partial charge in [0, 0.05) is 11.0 Å². The molecule has 1 aliphatic rings. The van der Waals surface area contributed by atoms with E-state index in [0.29, 0.717) is 12.8 Å². The summed E-state index contributed by atoms with van der Waals surface area (Å²) in [6.07, 6.45) is 5.16. The molecule has 0 aromatic rings. The molecular weight excluding hydrogens is 180 g/mol. The van der Waals surface area contributed by atoms with Crippen molar-refractivity contribution in [3.63, 3.8) is 0 Å². The van der Waals surface area contributed by atoms with Gasteiger partial charge in [0.05, 0.1) is 17.4 Å². The van der Waals surface area contributed by atoms with E-state index in [-0.39, 0.29) is 5.70 Å². The van der Waals surface area contributed by atoms with E-state index in [0.717, 1.165) is 25.3 Å². The number of azide groups is 1. The molecule has 0 heterocycles. The van der Waals surface area contributed by atoms with Crippen molar-refractivity contribution in [2.45, 2.75) is 37.7 Å². The quantitative estimate of drug-likeness (QED) is 0.315. The fourth-order valence-corrected chi connectivity index (χ4v) is 1.76. The molecule has 1 aliphatic carbocycles. The Morgan fingerprint density at radius 1 is 1.50 bits per heavy atom. The Morgan fingerprint density at radius 2 is 2.14 bits per heavy atom. The zero-order valence-corrected chi connectivity index (χ0v) is 7.85. The lowest BCUT2D eigenvalue weighted by Gasteiger charge is -2.31. The fourth-order valence-electron chi connectivity index (χ4n) is 1.76. The molecule has 14 heavy (non-hydrogen) atoms. The average Bonchev–Trinajstić information content (AvgIpc) is 2.19. The topological polar surface area (TPSA) is 92.8 Å². The average molecular weight is 192 g/mol. The molecule has 0 spiro atoms. The highest BCUT2D eigenvalue weighted by Crippen LogP contribution is 2.34. The zero-order chi connectivity index (χ0) is 10.4. The van der Waals surface area contributed by atoms with Crippen LogP contribution >= 0.6 is 0 Å². The Morgan fingerprint density at radius 3 is 2.64 bits per heavy atom. The van der Waals surface area contributed by atoms with Crippen molar-refractivity contribution in [1.82, 2.24) is 0 Å². The normalized spacial score (nSPS) is 20.7. The first kappa shape index (κ1) is 10.6. The Labute approximate surface area is 82.3 Å². The number of rotatable bonds is 2. The van der Waals surface area contributed by atoms with Gasteiger partial charge in [0.1, 0.15) is 0 Å². The maximum atomic E-state index is 10.1. The molecule has 1 fully saturated rings. The van der Waals surface area contributed by atoms with Gasteiger partial charge in [-0.25, -0.2) is 0 Å². The van der Waals surface area contributed by atoms with Gasteiger partial charge in [0.2, 0.25) is 0 Å². The highest BCUT2D eigenvalue weighted by atomic mass is 16.3. The lowest BCUT2D eigenvalue weighted by molar-refractivity contribution is 0.0383. The lowest BCUT2D eigenvalue weighted by atomic mass is 9.82. The summed E-state index contributed by atoms with van der Waals surface area (Å²) in [5.74, 6) is 0. The highest BCUT2D eigenvalue weighted by Gasteiger charge is 2.32. The largest absolute Gasteiger partial charge is 0.385 e. The second-order valence-electron chi connectivity index (χ2n) is 3.44. The molecule has 1 rings (SSSR count). The molecule has 0 aliphatic heterocycles. The zero-order valence-electron chi connectivity index (χ0n) is 7.85. The number of nitrogens with zero attached hydrogens (tertiary/aromatic N) is 4. The molecule has 0 aromatic heterocycles. The lowest BCUT2D eigenvalue weighted by Crippen LogP contribution is -2.32. The Kier molecular flexibility index (Phi) is 3.52. The second kappa shape index (κ2) is 4.66. The predicted octanol–water partition coefficient (Wildman–Crippen LogP) is 2.40. The smallest absolute Gasteiger partial charge is 0.0928 e. The minimum absolute atomic E-state index is 0.155. The SMILES string of the molecule is N#CC=C(N=[N+]=[N-])C1(O)CCCCC1. The molecule has 0 amide bonds. The summed E-state index contributed by atoms with van der Waals surface area (Å²) in [5, 5.41) is 22.0. The molecular formula is C9H12N4O. The number of hydrogen-bond acceptors (Lipinski definition) is 3. The molecule has 0 unspecified atom stereocenters. The third kappa shape index (κ3) is 2.25. The Bertz CT molecular complexity index is 316. The molecule has 74 valence electrons. The van der Waals surface area contributed by atoms with Crippen molar-refractivity contribution in [3.8, 4) is 6.07 Å². The summed E-state index contributed by atoms with van der Waals surface area (Å²) in [6, 6.07) is 1.79. The molecule has 5 heteroatoms. The molecule has 0 aromatic carbocycles. The number of nitriles is 1. The van der Waals surface area contributed by atoms with E-state index >= 15 is 0 Å². The molecule has 0 atom stereocenters. The van der Waals surface area contributed by atoms with Crippen LogP contribution in [-0.4, -0.2) is 10.7 Å². The van der Waals surface area contributed by atoms with Gasteiger partial charge >= 0.3 is 0 Å². The maximum absolute atomic E-state index is 10.1. The second-order valence-corrected chi connectivity index (χ2v) is 3.44. The van der Waals surface area contributed by atoms with Gasteiger partial charge in [-0.05, 0) is 18.4 Å². The summed E-state index contributed by atoms with van der Waals surface area (Å²) in [6.45, 7) is 0. The minimum atomic E-state index is -1.08. The van der Waals surface area contributed by atoms with Crippen LogP contribution in [-0.2, 0) is 0 Å². The summed E-state index contributed by atoms with van der Waals surface area (Å²) in [7, 11) is 0.